The summed E-state index contributed by atoms with van der Waals surface area (Å²) >= 11 is 0. The van der Waals surface area contributed by atoms with E-state index in [4.69, 9.17) is 5.11 Å². The van der Waals surface area contributed by atoms with E-state index in [9.17, 15) is 15.0 Å². The maximum absolute atomic E-state index is 10.5. The van der Waals surface area contributed by atoms with Crippen molar-refractivity contribution >= 4 is 6.09 Å². The molecule has 1 saturated heterocycles. The highest BCUT2D eigenvalue weighted by Crippen LogP contribution is 2.26. The quantitative estimate of drug-likeness (QED) is 0.619. The number of nitrogens with zero attached hydrogens (tertiary/aromatic N) is 1. The third kappa shape index (κ3) is 3.75. The van der Waals surface area contributed by atoms with Crippen LogP contribution in [0.4, 0.5) is 4.79 Å². The summed E-state index contributed by atoms with van der Waals surface area (Å²) in [5, 5.41) is 29.8. The van der Waals surface area contributed by atoms with Gasteiger partial charge in [0.2, 0.25) is 0 Å². The molecule has 4 N–H and O–H groups in total. The Bertz CT molecular complexity index is 456. The Morgan fingerprint density at radius 2 is 1.95 bits per heavy atom. The van der Waals surface area contributed by atoms with Gasteiger partial charge in [-0.25, -0.2) is 4.79 Å². The molecule has 0 aromatic heterocycles. The molecule has 1 aliphatic heterocycles. The maximum Gasteiger partial charge on any atom is 0.404 e. The zero-order valence-electron chi connectivity index (χ0n) is 10.5. The second-order valence-electron chi connectivity index (χ2n) is 4.82. The van der Waals surface area contributed by atoms with Crippen LogP contribution in [0.15, 0.2) is 18.2 Å². The normalized spacial score (nSPS) is 17.3. The molecule has 1 heterocycles. The zero-order chi connectivity index (χ0) is 13.8. The van der Waals surface area contributed by atoms with E-state index in [1.54, 1.807) is 12.1 Å². The topological polar surface area (TPSA) is 93.0 Å². The number of phenolic OH excluding ortho intramolecular Hbond substituents is 2. The van der Waals surface area contributed by atoms with Crippen molar-refractivity contribution in [2.24, 2.45) is 0 Å². The van der Waals surface area contributed by atoms with Crippen LogP contribution in [0, 0.1) is 0 Å². The fourth-order valence-corrected chi connectivity index (χ4v) is 2.34. The molecule has 1 aromatic carbocycles. The fourth-order valence-electron chi connectivity index (χ4n) is 2.34. The lowest BCUT2D eigenvalue weighted by Crippen LogP contribution is -2.43. The van der Waals surface area contributed by atoms with Crippen molar-refractivity contribution in [2.45, 2.75) is 25.4 Å². The monoisotopic (exact) mass is 266 g/mol. The first kappa shape index (κ1) is 13.5. The number of carbonyl (C=O) groups is 1. The first-order valence-corrected chi connectivity index (χ1v) is 6.27. The molecular weight excluding hydrogens is 248 g/mol. The SMILES string of the molecule is O=C(O)NC1CCN(Cc2ccc(O)c(O)c2)CC1. The Morgan fingerprint density at radius 1 is 1.26 bits per heavy atom. The highest BCUT2D eigenvalue weighted by molar-refractivity contribution is 5.64. The van der Waals surface area contributed by atoms with E-state index < -0.39 is 6.09 Å². The molecule has 0 unspecified atom stereocenters. The Morgan fingerprint density at radius 3 is 2.53 bits per heavy atom. The van der Waals surface area contributed by atoms with Crippen LogP contribution in [0.5, 0.6) is 11.5 Å². The first-order valence-electron chi connectivity index (χ1n) is 6.27. The number of likely N-dealkylation sites (tertiary alicyclic amines) is 1. The maximum atomic E-state index is 10.5. The van der Waals surface area contributed by atoms with Crippen LogP contribution in [0.2, 0.25) is 0 Å². The molecule has 1 fully saturated rings. The predicted octanol–water partition coefficient (Wildman–Crippen LogP) is 1.33. The molecule has 19 heavy (non-hydrogen) atoms. The molecule has 1 aromatic rings. The number of carboxylic acid groups (broad SMARTS) is 1. The number of hydrogen-bond donors (Lipinski definition) is 4. The van der Waals surface area contributed by atoms with Gasteiger partial charge in [0.25, 0.3) is 0 Å². The van der Waals surface area contributed by atoms with Crippen molar-refractivity contribution < 1.29 is 20.1 Å². The van der Waals surface area contributed by atoms with E-state index in [1.807, 2.05) is 0 Å². The molecule has 0 spiro atoms. The molecule has 1 amide bonds. The summed E-state index contributed by atoms with van der Waals surface area (Å²) in [7, 11) is 0. The van der Waals surface area contributed by atoms with Gasteiger partial charge in [-0.3, -0.25) is 4.90 Å². The minimum absolute atomic E-state index is 0.0296. The number of piperidine rings is 1. The largest absolute Gasteiger partial charge is 0.504 e. The van der Waals surface area contributed by atoms with E-state index >= 15 is 0 Å². The van der Waals surface area contributed by atoms with Crippen LogP contribution in [-0.2, 0) is 6.54 Å². The van der Waals surface area contributed by atoms with Crippen molar-refractivity contribution in [3.63, 3.8) is 0 Å². The smallest absolute Gasteiger partial charge is 0.404 e. The standard InChI is InChI=1S/C13H18N2O4/c16-11-2-1-9(7-12(11)17)8-15-5-3-10(4-6-15)14-13(18)19/h1-2,7,10,14,16-17H,3-6,8H2,(H,18,19). The highest BCUT2D eigenvalue weighted by atomic mass is 16.4. The number of amides is 1. The second kappa shape index (κ2) is 5.79. The van der Waals surface area contributed by atoms with Gasteiger partial charge in [0.05, 0.1) is 0 Å². The number of phenols is 2. The van der Waals surface area contributed by atoms with Gasteiger partial charge in [-0.15, -0.1) is 0 Å². The summed E-state index contributed by atoms with van der Waals surface area (Å²) in [6, 6.07) is 4.83. The number of benzene rings is 1. The summed E-state index contributed by atoms with van der Waals surface area (Å²) in [5.74, 6) is -0.229. The summed E-state index contributed by atoms with van der Waals surface area (Å²) in [4.78, 5) is 12.7. The van der Waals surface area contributed by atoms with Crippen molar-refractivity contribution in [3.8, 4) is 11.5 Å². The van der Waals surface area contributed by atoms with E-state index in [2.05, 4.69) is 10.2 Å². The van der Waals surface area contributed by atoms with Crippen molar-refractivity contribution in [2.75, 3.05) is 13.1 Å². The molecule has 0 aliphatic carbocycles. The van der Waals surface area contributed by atoms with Crippen molar-refractivity contribution in [3.05, 3.63) is 23.8 Å². The molecular formula is C13H18N2O4. The van der Waals surface area contributed by atoms with E-state index in [0.717, 1.165) is 31.5 Å². The van der Waals surface area contributed by atoms with E-state index in [1.165, 1.54) is 6.07 Å². The highest BCUT2D eigenvalue weighted by Gasteiger charge is 2.20. The number of aromatic hydroxyl groups is 2. The third-order valence-corrected chi connectivity index (χ3v) is 3.36. The molecule has 0 saturated carbocycles. The minimum atomic E-state index is -0.970. The van der Waals surface area contributed by atoms with Gasteiger partial charge < -0.3 is 20.6 Å². The summed E-state index contributed by atoms with van der Waals surface area (Å²) in [6.07, 6.45) is 0.606. The van der Waals surface area contributed by atoms with Crippen LogP contribution in [0.1, 0.15) is 18.4 Å². The van der Waals surface area contributed by atoms with Gasteiger partial charge in [0, 0.05) is 25.7 Å². The van der Waals surface area contributed by atoms with Crippen molar-refractivity contribution in [1.82, 2.24) is 10.2 Å². The van der Waals surface area contributed by atoms with Gasteiger partial charge >= 0.3 is 6.09 Å². The Kier molecular flexibility index (Phi) is 4.11. The van der Waals surface area contributed by atoms with Crippen LogP contribution >= 0.6 is 0 Å². The first-order chi connectivity index (χ1) is 9.04. The summed E-state index contributed by atoms with van der Waals surface area (Å²) in [5.41, 5.74) is 0.931. The van der Waals surface area contributed by atoms with Crippen LogP contribution in [0.25, 0.3) is 0 Å². The van der Waals surface area contributed by atoms with E-state index in [-0.39, 0.29) is 17.5 Å². The van der Waals surface area contributed by atoms with Crippen LogP contribution in [0.3, 0.4) is 0 Å². The number of rotatable bonds is 3. The van der Waals surface area contributed by atoms with Gasteiger partial charge in [-0.1, -0.05) is 6.07 Å². The average Bonchev–Trinajstić information content (AvgIpc) is 2.36. The molecule has 0 atom stereocenters. The predicted molar refractivity (Wildman–Crippen MR) is 69.2 cm³/mol. The Balaban J connectivity index is 1.85. The van der Waals surface area contributed by atoms with E-state index in [0.29, 0.717) is 6.54 Å². The second-order valence-corrected chi connectivity index (χ2v) is 4.82. The van der Waals surface area contributed by atoms with Gasteiger partial charge in [0.1, 0.15) is 0 Å². The fraction of sp³-hybridized carbons (Fsp3) is 0.462. The minimum Gasteiger partial charge on any atom is -0.504 e. The van der Waals surface area contributed by atoms with Crippen LogP contribution in [-0.4, -0.2) is 45.4 Å². The molecule has 1 aliphatic rings. The summed E-state index contributed by atoms with van der Waals surface area (Å²) in [6.45, 7) is 2.31. The lowest BCUT2D eigenvalue weighted by Gasteiger charge is -2.31. The molecule has 0 radical (unpaired) electrons. The third-order valence-electron chi connectivity index (χ3n) is 3.36. The van der Waals surface area contributed by atoms with Gasteiger partial charge in [-0.05, 0) is 30.5 Å². The van der Waals surface area contributed by atoms with Gasteiger partial charge in [0.15, 0.2) is 11.5 Å². The molecule has 104 valence electrons. The Labute approximate surface area is 111 Å². The molecule has 6 heteroatoms. The van der Waals surface area contributed by atoms with Crippen molar-refractivity contribution in [1.29, 1.82) is 0 Å². The molecule has 2 rings (SSSR count). The molecule has 6 nitrogen and oxygen atoms in total. The zero-order valence-corrected chi connectivity index (χ0v) is 10.5. The lowest BCUT2D eigenvalue weighted by atomic mass is 10.0. The van der Waals surface area contributed by atoms with Gasteiger partial charge in [-0.2, -0.15) is 0 Å². The van der Waals surface area contributed by atoms with Crippen LogP contribution < -0.4 is 5.32 Å². The molecule has 0 bridgehead atoms. The number of hydrogen-bond acceptors (Lipinski definition) is 4. The summed E-state index contributed by atoms with van der Waals surface area (Å²) < 4.78 is 0. The number of nitrogens with one attached hydrogen (secondary N) is 1. The lowest BCUT2D eigenvalue weighted by molar-refractivity contribution is 0.165. The Hall–Kier alpha value is -1.95. The average molecular weight is 266 g/mol.